The highest BCUT2D eigenvalue weighted by atomic mass is 32.1. The average molecular weight is 383 g/mol. The summed E-state index contributed by atoms with van der Waals surface area (Å²) >= 11 is 5.81. The van der Waals surface area contributed by atoms with Crippen molar-refractivity contribution in [2.24, 2.45) is 0 Å². The van der Waals surface area contributed by atoms with Gasteiger partial charge in [0.25, 0.3) is 0 Å². The topological polar surface area (TPSA) is 17.4 Å². The molecule has 4 rings (SSSR count). The molecular formula is C23H30N2OS. The summed E-state index contributed by atoms with van der Waals surface area (Å²) in [5, 5.41) is 0. The quantitative estimate of drug-likeness (QED) is 0.684. The van der Waals surface area contributed by atoms with Crippen LogP contribution in [0.25, 0.3) is 5.69 Å². The molecule has 1 saturated carbocycles. The molecule has 1 aromatic heterocycles. The fraction of sp³-hybridized carbons (Fsp3) is 0.522. The van der Waals surface area contributed by atoms with Gasteiger partial charge in [0.1, 0.15) is 4.99 Å². The molecule has 2 fully saturated rings. The van der Waals surface area contributed by atoms with Crippen molar-refractivity contribution in [3.63, 3.8) is 0 Å². The minimum Gasteiger partial charge on any atom is -0.378 e. The summed E-state index contributed by atoms with van der Waals surface area (Å²) in [6, 6.07) is 11.5. The van der Waals surface area contributed by atoms with E-state index in [1.165, 1.54) is 60.3 Å². The van der Waals surface area contributed by atoms with E-state index in [2.05, 4.69) is 53.6 Å². The molecule has 1 aliphatic heterocycles. The van der Waals surface area contributed by atoms with Crippen LogP contribution < -0.4 is 0 Å². The zero-order valence-electron chi connectivity index (χ0n) is 16.5. The molecule has 4 heteroatoms. The summed E-state index contributed by atoms with van der Waals surface area (Å²) in [6.07, 6.45) is 6.86. The lowest BCUT2D eigenvalue weighted by Gasteiger charge is -2.29. The number of morpholine rings is 1. The second kappa shape index (κ2) is 8.15. The number of benzene rings is 1. The Kier molecular flexibility index (Phi) is 5.65. The van der Waals surface area contributed by atoms with E-state index >= 15 is 0 Å². The Morgan fingerprint density at radius 3 is 2.33 bits per heavy atom. The van der Waals surface area contributed by atoms with Gasteiger partial charge in [-0.2, -0.15) is 0 Å². The summed E-state index contributed by atoms with van der Waals surface area (Å²) < 4.78 is 7.81. The number of thiocarbonyl (C=S) groups is 1. The zero-order chi connectivity index (χ0) is 18.8. The summed E-state index contributed by atoms with van der Waals surface area (Å²) in [4.78, 5) is 3.23. The maximum atomic E-state index is 5.81. The van der Waals surface area contributed by atoms with Crippen LogP contribution in [0.5, 0.6) is 0 Å². The van der Waals surface area contributed by atoms with Crippen LogP contribution in [0.2, 0.25) is 0 Å². The van der Waals surface area contributed by atoms with Crippen LogP contribution in [0.15, 0.2) is 30.3 Å². The summed E-state index contributed by atoms with van der Waals surface area (Å²) in [5.74, 6) is 0.754. The van der Waals surface area contributed by atoms with Crippen molar-refractivity contribution in [1.82, 2.24) is 9.47 Å². The number of hydrogen-bond acceptors (Lipinski definition) is 2. The van der Waals surface area contributed by atoms with Crippen molar-refractivity contribution >= 4 is 17.2 Å². The van der Waals surface area contributed by atoms with Gasteiger partial charge in [-0.05, 0) is 56.4 Å². The normalized spacial score (nSPS) is 18.7. The van der Waals surface area contributed by atoms with E-state index in [1.807, 2.05) is 0 Å². The number of rotatable bonds is 3. The summed E-state index contributed by atoms with van der Waals surface area (Å²) in [7, 11) is 0. The van der Waals surface area contributed by atoms with E-state index in [9.17, 15) is 0 Å². The Bertz CT molecular complexity index is 797. The molecule has 2 aromatic rings. The first-order valence-corrected chi connectivity index (χ1v) is 10.7. The molecule has 0 unspecified atom stereocenters. The molecule has 0 bridgehead atoms. The van der Waals surface area contributed by atoms with Crippen LogP contribution in [0.1, 0.15) is 60.5 Å². The van der Waals surface area contributed by atoms with Gasteiger partial charge in [0.2, 0.25) is 0 Å². The van der Waals surface area contributed by atoms with Gasteiger partial charge in [-0.3, -0.25) is 0 Å². The summed E-state index contributed by atoms with van der Waals surface area (Å²) in [5.41, 5.74) is 6.39. The maximum absolute atomic E-state index is 5.81. The number of aromatic nitrogens is 1. The van der Waals surface area contributed by atoms with Crippen molar-refractivity contribution in [1.29, 1.82) is 0 Å². The van der Waals surface area contributed by atoms with E-state index < -0.39 is 0 Å². The third-order valence-electron chi connectivity index (χ3n) is 6.19. The Morgan fingerprint density at radius 1 is 1.00 bits per heavy atom. The fourth-order valence-corrected chi connectivity index (χ4v) is 5.03. The molecule has 27 heavy (non-hydrogen) atoms. The van der Waals surface area contributed by atoms with E-state index in [-0.39, 0.29) is 0 Å². The molecule has 0 spiro atoms. The van der Waals surface area contributed by atoms with Crippen LogP contribution in [-0.4, -0.2) is 40.8 Å². The first-order valence-electron chi connectivity index (χ1n) is 10.3. The largest absolute Gasteiger partial charge is 0.378 e. The van der Waals surface area contributed by atoms with E-state index in [0.29, 0.717) is 0 Å². The molecular weight excluding hydrogens is 352 g/mol. The molecule has 2 aliphatic rings. The van der Waals surface area contributed by atoms with Crippen molar-refractivity contribution in [2.75, 3.05) is 26.3 Å². The first-order chi connectivity index (χ1) is 13.1. The van der Waals surface area contributed by atoms with Gasteiger partial charge in [-0.15, -0.1) is 0 Å². The number of nitrogens with zero attached hydrogens (tertiary/aromatic N) is 2. The zero-order valence-corrected chi connectivity index (χ0v) is 17.4. The van der Waals surface area contributed by atoms with Crippen molar-refractivity contribution in [3.8, 4) is 5.69 Å². The van der Waals surface area contributed by atoms with Crippen LogP contribution in [0, 0.1) is 13.8 Å². The molecule has 1 saturated heterocycles. The minimum absolute atomic E-state index is 0.754. The molecule has 0 amide bonds. The molecule has 144 valence electrons. The second-order valence-corrected chi connectivity index (χ2v) is 8.34. The minimum atomic E-state index is 0.754. The molecule has 0 atom stereocenters. The number of aryl methyl sites for hydroxylation is 1. The SMILES string of the molecule is Cc1cc(C(=S)N2CCOCC2)c(C)n1-c1ccc(C2CCCCC2)cc1. The number of hydrogen-bond donors (Lipinski definition) is 0. The molecule has 2 heterocycles. The molecule has 3 nitrogen and oxygen atoms in total. The highest BCUT2D eigenvalue weighted by Crippen LogP contribution is 2.33. The predicted octanol–water partition coefficient (Wildman–Crippen LogP) is 5.15. The fourth-order valence-electron chi connectivity index (χ4n) is 4.64. The molecule has 1 aromatic carbocycles. The van der Waals surface area contributed by atoms with E-state index in [0.717, 1.165) is 37.2 Å². The lowest BCUT2D eigenvalue weighted by Crippen LogP contribution is -2.40. The number of ether oxygens (including phenoxy) is 1. The molecule has 0 radical (unpaired) electrons. The van der Waals surface area contributed by atoms with Crippen LogP contribution in [-0.2, 0) is 4.74 Å². The molecule has 1 aliphatic carbocycles. The predicted molar refractivity (Wildman–Crippen MR) is 115 cm³/mol. The highest BCUT2D eigenvalue weighted by molar-refractivity contribution is 7.80. The van der Waals surface area contributed by atoms with Crippen LogP contribution in [0.4, 0.5) is 0 Å². The van der Waals surface area contributed by atoms with Gasteiger partial charge in [0.05, 0.1) is 13.2 Å². The smallest absolute Gasteiger partial charge is 0.111 e. The lowest BCUT2D eigenvalue weighted by molar-refractivity contribution is 0.0692. The Labute approximate surface area is 168 Å². The van der Waals surface area contributed by atoms with Gasteiger partial charge in [0.15, 0.2) is 0 Å². The van der Waals surface area contributed by atoms with Gasteiger partial charge in [-0.25, -0.2) is 0 Å². The van der Waals surface area contributed by atoms with Crippen molar-refractivity contribution < 1.29 is 4.74 Å². The van der Waals surface area contributed by atoms with Crippen LogP contribution >= 0.6 is 12.2 Å². The monoisotopic (exact) mass is 382 g/mol. The summed E-state index contributed by atoms with van der Waals surface area (Å²) in [6.45, 7) is 7.66. The van der Waals surface area contributed by atoms with Gasteiger partial charge in [-0.1, -0.05) is 43.6 Å². The van der Waals surface area contributed by atoms with Crippen LogP contribution in [0.3, 0.4) is 0 Å². The lowest BCUT2D eigenvalue weighted by atomic mass is 9.84. The third kappa shape index (κ3) is 3.83. The van der Waals surface area contributed by atoms with Gasteiger partial charge in [0, 0.05) is 35.7 Å². The third-order valence-corrected chi connectivity index (χ3v) is 6.67. The molecule has 0 N–H and O–H groups in total. The van der Waals surface area contributed by atoms with Gasteiger partial charge >= 0.3 is 0 Å². The Hall–Kier alpha value is -1.65. The highest BCUT2D eigenvalue weighted by Gasteiger charge is 2.21. The van der Waals surface area contributed by atoms with Crippen molar-refractivity contribution in [3.05, 3.63) is 52.8 Å². The first kappa shape index (κ1) is 18.7. The average Bonchev–Trinajstić information content (AvgIpc) is 3.03. The second-order valence-electron chi connectivity index (χ2n) is 7.95. The standard InChI is InChI=1S/C23H30N2OS/c1-17-16-22(23(27)24-12-14-26-15-13-24)18(2)25(17)21-10-8-20(9-11-21)19-6-4-3-5-7-19/h8-11,16,19H,3-7,12-15H2,1-2H3. The van der Waals surface area contributed by atoms with Gasteiger partial charge < -0.3 is 14.2 Å². The van der Waals surface area contributed by atoms with E-state index in [1.54, 1.807) is 0 Å². The van der Waals surface area contributed by atoms with E-state index in [4.69, 9.17) is 17.0 Å². The Balaban J connectivity index is 1.58. The maximum Gasteiger partial charge on any atom is 0.111 e. The Morgan fingerprint density at radius 2 is 1.67 bits per heavy atom. The van der Waals surface area contributed by atoms with Crippen molar-refractivity contribution in [2.45, 2.75) is 51.9 Å².